The number of rotatable bonds is 5. The van der Waals surface area contributed by atoms with Crippen molar-refractivity contribution in [3.05, 3.63) is 33.0 Å². The Hall–Kier alpha value is -1.31. The fourth-order valence-electron chi connectivity index (χ4n) is 2.83. The minimum absolute atomic E-state index is 0.0638. The molecule has 7 heteroatoms. The summed E-state index contributed by atoms with van der Waals surface area (Å²) in [7, 11) is 0. The summed E-state index contributed by atoms with van der Waals surface area (Å²) in [6.45, 7) is 4.68. The summed E-state index contributed by atoms with van der Waals surface area (Å²) in [5.41, 5.74) is 0.702. The number of nitrogens with zero attached hydrogens (tertiary/aromatic N) is 3. The highest BCUT2D eigenvalue weighted by atomic mass is 32.1. The number of nitrogens with one attached hydrogen (secondary N) is 1. The molecule has 0 bridgehead atoms. The third-order valence-corrected chi connectivity index (χ3v) is 5.82. The van der Waals surface area contributed by atoms with Crippen LogP contribution in [0.3, 0.4) is 0 Å². The first-order valence-corrected chi connectivity index (χ1v) is 9.25. The van der Waals surface area contributed by atoms with Crippen molar-refractivity contribution in [2.24, 2.45) is 0 Å². The molecule has 0 saturated carbocycles. The minimum atomic E-state index is -0.0638. The van der Waals surface area contributed by atoms with Crippen molar-refractivity contribution >= 4 is 28.8 Å². The van der Waals surface area contributed by atoms with E-state index in [1.165, 1.54) is 24.1 Å². The Balaban J connectivity index is 1.68. The van der Waals surface area contributed by atoms with Crippen LogP contribution in [0.15, 0.2) is 17.5 Å². The molecule has 1 aliphatic heterocycles. The van der Waals surface area contributed by atoms with E-state index < -0.39 is 0 Å². The zero-order valence-corrected chi connectivity index (χ0v) is 14.3. The van der Waals surface area contributed by atoms with Gasteiger partial charge in [-0.15, -0.1) is 16.4 Å². The van der Waals surface area contributed by atoms with E-state index in [9.17, 15) is 4.79 Å². The highest BCUT2D eigenvalue weighted by Gasteiger charge is 2.24. The van der Waals surface area contributed by atoms with Crippen molar-refractivity contribution in [1.82, 2.24) is 19.8 Å². The highest BCUT2D eigenvalue weighted by molar-refractivity contribution is 7.10. The second-order valence-electron chi connectivity index (χ2n) is 5.53. The van der Waals surface area contributed by atoms with Gasteiger partial charge in [-0.3, -0.25) is 9.69 Å². The standard InChI is InChI=1S/C15H20N4OS2/c1-11-14(22-18-17-11)15(20)16-10-12(13-6-5-9-21-13)19-7-3-2-4-8-19/h5-6,9,12H,2-4,7-8,10H2,1H3,(H,16,20). The summed E-state index contributed by atoms with van der Waals surface area (Å²) in [5.74, 6) is -0.0638. The number of piperidine rings is 1. The van der Waals surface area contributed by atoms with E-state index in [2.05, 4.69) is 37.3 Å². The van der Waals surface area contributed by atoms with Crippen molar-refractivity contribution in [3.8, 4) is 0 Å². The smallest absolute Gasteiger partial charge is 0.265 e. The van der Waals surface area contributed by atoms with Gasteiger partial charge < -0.3 is 5.32 Å². The Morgan fingerprint density at radius 2 is 2.23 bits per heavy atom. The molecule has 1 atom stereocenters. The molecule has 1 saturated heterocycles. The number of carbonyl (C=O) groups excluding carboxylic acids is 1. The number of amides is 1. The second kappa shape index (κ2) is 7.30. The lowest BCUT2D eigenvalue weighted by molar-refractivity contribution is 0.0929. The normalized spacial score (nSPS) is 17.3. The van der Waals surface area contributed by atoms with E-state index in [-0.39, 0.29) is 11.9 Å². The van der Waals surface area contributed by atoms with E-state index in [0.717, 1.165) is 24.6 Å². The van der Waals surface area contributed by atoms with E-state index in [1.807, 2.05) is 6.92 Å². The molecule has 0 aromatic carbocycles. The maximum absolute atomic E-state index is 12.3. The fourth-order valence-corrected chi connectivity index (χ4v) is 4.26. The SMILES string of the molecule is Cc1nnsc1C(=O)NCC(c1cccs1)N1CCCCC1. The molecule has 118 valence electrons. The van der Waals surface area contributed by atoms with Crippen molar-refractivity contribution in [2.75, 3.05) is 19.6 Å². The summed E-state index contributed by atoms with van der Waals surface area (Å²) in [4.78, 5) is 16.7. The van der Waals surface area contributed by atoms with Crippen LogP contribution in [0.25, 0.3) is 0 Å². The maximum atomic E-state index is 12.3. The van der Waals surface area contributed by atoms with Gasteiger partial charge in [-0.2, -0.15) is 0 Å². The largest absolute Gasteiger partial charge is 0.349 e. The number of aromatic nitrogens is 2. The van der Waals surface area contributed by atoms with Crippen molar-refractivity contribution in [3.63, 3.8) is 0 Å². The average Bonchev–Trinajstić information content (AvgIpc) is 3.20. The van der Waals surface area contributed by atoms with Gasteiger partial charge in [0.25, 0.3) is 5.91 Å². The lowest BCUT2D eigenvalue weighted by atomic mass is 10.1. The van der Waals surface area contributed by atoms with Crippen LogP contribution >= 0.6 is 22.9 Å². The number of thiophene rings is 1. The third kappa shape index (κ3) is 3.53. The number of hydrogen-bond acceptors (Lipinski definition) is 6. The van der Waals surface area contributed by atoms with Gasteiger partial charge in [-0.05, 0) is 55.8 Å². The molecule has 3 heterocycles. The van der Waals surface area contributed by atoms with Crippen molar-refractivity contribution in [1.29, 1.82) is 0 Å². The Morgan fingerprint density at radius 3 is 2.86 bits per heavy atom. The van der Waals surface area contributed by atoms with Crippen LogP contribution in [-0.2, 0) is 0 Å². The van der Waals surface area contributed by atoms with Crippen LogP contribution < -0.4 is 5.32 Å². The van der Waals surface area contributed by atoms with Crippen LogP contribution in [0.1, 0.15) is 45.5 Å². The van der Waals surface area contributed by atoms with Gasteiger partial charge in [0.15, 0.2) is 0 Å². The van der Waals surface area contributed by atoms with Gasteiger partial charge in [-0.1, -0.05) is 17.0 Å². The molecule has 2 aromatic heterocycles. The molecule has 1 N–H and O–H groups in total. The van der Waals surface area contributed by atoms with Crippen LogP contribution in [0.2, 0.25) is 0 Å². The monoisotopic (exact) mass is 336 g/mol. The quantitative estimate of drug-likeness (QED) is 0.912. The zero-order chi connectivity index (χ0) is 15.4. The molecule has 5 nitrogen and oxygen atoms in total. The molecule has 0 spiro atoms. The van der Waals surface area contributed by atoms with Gasteiger partial charge in [0.1, 0.15) is 4.88 Å². The molecule has 2 aromatic rings. The van der Waals surface area contributed by atoms with E-state index in [4.69, 9.17) is 0 Å². The first kappa shape index (κ1) is 15.6. The fraction of sp³-hybridized carbons (Fsp3) is 0.533. The first-order valence-electron chi connectivity index (χ1n) is 7.60. The topological polar surface area (TPSA) is 58.1 Å². The molecule has 22 heavy (non-hydrogen) atoms. The van der Waals surface area contributed by atoms with E-state index in [0.29, 0.717) is 17.1 Å². The molecule has 1 fully saturated rings. The zero-order valence-electron chi connectivity index (χ0n) is 12.6. The molecule has 1 amide bonds. The molecule has 3 rings (SSSR count). The number of aryl methyl sites for hydroxylation is 1. The predicted octanol–water partition coefficient (Wildman–Crippen LogP) is 2.87. The minimum Gasteiger partial charge on any atom is -0.349 e. The van der Waals surface area contributed by atoms with Gasteiger partial charge >= 0.3 is 0 Å². The number of carbonyl (C=O) groups is 1. The van der Waals surface area contributed by atoms with Crippen molar-refractivity contribution < 1.29 is 4.79 Å². The van der Waals surface area contributed by atoms with Crippen LogP contribution in [0.4, 0.5) is 0 Å². The van der Waals surface area contributed by atoms with Crippen LogP contribution in [-0.4, -0.2) is 40.0 Å². The summed E-state index contributed by atoms with van der Waals surface area (Å²) in [6, 6.07) is 4.51. The summed E-state index contributed by atoms with van der Waals surface area (Å²) >= 11 is 2.92. The van der Waals surface area contributed by atoms with E-state index in [1.54, 1.807) is 11.3 Å². The summed E-state index contributed by atoms with van der Waals surface area (Å²) in [6.07, 6.45) is 3.80. The lowest BCUT2D eigenvalue weighted by Gasteiger charge is -2.34. The van der Waals surface area contributed by atoms with Gasteiger partial charge in [0.2, 0.25) is 0 Å². The highest BCUT2D eigenvalue weighted by Crippen LogP contribution is 2.27. The molecular formula is C15H20N4OS2. The van der Waals surface area contributed by atoms with Gasteiger partial charge in [0, 0.05) is 11.4 Å². The van der Waals surface area contributed by atoms with E-state index >= 15 is 0 Å². The summed E-state index contributed by atoms with van der Waals surface area (Å²) < 4.78 is 3.83. The molecule has 1 aliphatic rings. The van der Waals surface area contributed by atoms with Gasteiger partial charge in [0.05, 0.1) is 11.7 Å². The molecular weight excluding hydrogens is 316 g/mol. The third-order valence-electron chi connectivity index (χ3n) is 4.02. The van der Waals surface area contributed by atoms with Crippen LogP contribution in [0.5, 0.6) is 0 Å². The molecule has 0 radical (unpaired) electrons. The summed E-state index contributed by atoms with van der Waals surface area (Å²) in [5, 5.41) is 9.07. The lowest BCUT2D eigenvalue weighted by Crippen LogP contribution is -2.40. The van der Waals surface area contributed by atoms with Crippen LogP contribution in [0, 0.1) is 6.92 Å². The molecule has 1 unspecified atom stereocenters. The van der Waals surface area contributed by atoms with Gasteiger partial charge in [-0.25, -0.2) is 0 Å². The molecule has 0 aliphatic carbocycles. The Bertz CT molecular complexity index is 605. The Morgan fingerprint density at radius 1 is 1.41 bits per heavy atom. The average molecular weight is 336 g/mol. The first-order chi connectivity index (χ1) is 10.8. The number of likely N-dealkylation sites (tertiary alicyclic amines) is 1. The Kier molecular flexibility index (Phi) is 5.17. The second-order valence-corrected chi connectivity index (χ2v) is 7.26. The predicted molar refractivity (Wildman–Crippen MR) is 89.5 cm³/mol. The maximum Gasteiger partial charge on any atom is 0.265 e. The Labute approximate surface area is 138 Å². The van der Waals surface area contributed by atoms with Crippen molar-refractivity contribution in [2.45, 2.75) is 32.2 Å². The number of hydrogen-bond donors (Lipinski definition) is 1.